The number of nitrogens with one attached hydrogen (secondary N) is 5. The van der Waals surface area contributed by atoms with Gasteiger partial charge >= 0.3 is 24.0 Å². The highest BCUT2D eigenvalue weighted by atomic mass is 32.2. The lowest BCUT2D eigenvalue weighted by atomic mass is 9.85. The number of carbonyl (C=O) groups excluding carboxylic acids is 6. The van der Waals surface area contributed by atoms with Gasteiger partial charge in [-0.2, -0.15) is 4.31 Å². The van der Waals surface area contributed by atoms with Gasteiger partial charge in [0.1, 0.15) is 28.4 Å². The van der Waals surface area contributed by atoms with Crippen molar-refractivity contribution in [3.63, 3.8) is 0 Å². The molecule has 10 atom stereocenters. The predicted octanol–water partition coefficient (Wildman–Crippen LogP) is 5.14. The monoisotopic (exact) mass is 1020 g/mol. The highest BCUT2D eigenvalue weighted by Crippen LogP contribution is 2.66. The Kier molecular flexibility index (Phi) is 17.4. The van der Waals surface area contributed by atoms with Crippen LogP contribution in [-0.4, -0.2) is 149 Å². The van der Waals surface area contributed by atoms with Gasteiger partial charge in [-0.25, -0.2) is 27.6 Å². The standard InChI is InChI=1S/C27H44N4O6S2.C23H42N4O4/c1-25(2,3)17(15-30(9)39(35,36)18-12-11-13-38-18)28-24(34)29-21(26(4,5)6)22(32)31-14-16-19(27(16,7)8)20(31)23(33)37-10;1-21(2,3)14(11-24-9)25-20(30)26-17(22(4,5)6)18(28)27-12-13-15(23(13,7)8)16(27)19(29)31-10/h11-13,16-17,19-21H,14-15H2,1-10H3,(H2,28,29,34);13-17,24H,11-12H2,1-10H3,(H2,25,26,30)/t16-,17+,19-,20-,21+;13-,14+,15-,16-,17+/m00/s1. The molecule has 20 heteroatoms. The Morgan fingerprint density at radius 1 is 0.686 bits per heavy atom. The number of piperidine rings is 2. The number of hydrogen-bond acceptors (Lipinski definition) is 12. The molecule has 1 aromatic rings. The second-order valence-corrected chi connectivity index (χ2v) is 28.5. The number of ether oxygens (including phenoxy) is 2. The van der Waals surface area contributed by atoms with Gasteiger partial charge in [0.25, 0.3) is 10.0 Å². The van der Waals surface area contributed by atoms with E-state index in [-0.39, 0.29) is 80.5 Å². The Morgan fingerprint density at radius 2 is 1.07 bits per heavy atom. The zero-order chi connectivity index (χ0) is 53.7. The van der Waals surface area contributed by atoms with Crippen molar-refractivity contribution in [3.8, 4) is 0 Å². The molecule has 4 fully saturated rings. The van der Waals surface area contributed by atoms with E-state index in [9.17, 15) is 37.2 Å². The Labute approximate surface area is 422 Å². The van der Waals surface area contributed by atoms with Gasteiger partial charge in [0.15, 0.2) is 0 Å². The molecule has 1 aromatic heterocycles. The van der Waals surface area contributed by atoms with Crippen molar-refractivity contribution >= 4 is 57.2 Å². The van der Waals surface area contributed by atoms with Crippen LogP contribution in [-0.2, 0) is 38.7 Å². The number of carbonyl (C=O) groups is 6. The molecule has 0 aromatic carbocycles. The molecule has 2 aliphatic carbocycles. The molecule has 2 aliphatic heterocycles. The quantitative estimate of drug-likeness (QED) is 0.153. The number of rotatable bonds is 14. The van der Waals surface area contributed by atoms with E-state index >= 15 is 0 Å². The van der Waals surface area contributed by atoms with Gasteiger partial charge in [0, 0.05) is 57.1 Å². The molecular weight excluding hydrogens is 937 g/mol. The van der Waals surface area contributed by atoms with Crippen LogP contribution in [0.25, 0.3) is 0 Å². The minimum absolute atomic E-state index is 0.0186. The van der Waals surface area contributed by atoms with Crippen LogP contribution in [0.1, 0.15) is 111 Å². The number of likely N-dealkylation sites (tertiary alicyclic amines) is 2. The number of methoxy groups -OCH3 is 2. The fourth-order valence-corrected chi connectivity index (χ4v) is 12.7. The summed E-state index contributed by atoms with van der Waals surface area (Å²) in [6, 6.07) is -1.38. The first-order chi connectivity index (χ1) is 31.8. The molecule has 0 unspecified atom stereocenters. The molecule has 0 spiro atoms. The van der Waals surface area contributed by atoms with E-state index in [0.29, 0.717) is 19.6 Å². The number of hydrogen-bond donors (Lipinski definition) is 5. The summed E-state index contributed by atoms with van der Waals surface area (Å²) in [4.78, 5) is 82.1. The molecule has 0 radical (unpaired) electrons. The molecule has 2 saturated heterocycles. The average molecular weight is 1020 g/mol. The molecule has 0 bridgehead atoms. The van der Waals surface area contributed by atoms with Gasteiger partial charge in [-0.1, -0.05) is 117 Å². The van der Waals surface area contributed by atoms with Crippen molar-refractivity contribution in [2.45, 2.75) is 151 Å². The van der Waals surface area contributed by atoms with Gasteiger partial charge in [-0.05, 0) is 62.8 Å². The summed E-state index contributed by atoms with van der Waals surface area (Å²) >= 11 is 1.14. The molecule has 6 amide bonds. The molecule has 4 aliphatic rings. The summed E-state index contributed by atoms with van der Waals surface area (Å²) in [7, 11) is 2.30. The lowest BCUT2D eigenvalue weighted by Gasteiger charge is -2.38. The molecule has 398 valence electrons. The summed E-state index contributed by atoms with van der Waals surface area (Å²) in [5.74, 6) is -0.801. The average Bonchev–Trinajstić information content (AvgIpc) is 3.70. The van der Waals surface area contributed by atoms with Crippen molar-refractivity contribution in [2.24, 2.45) is 56.2 Å². The summed E-state index contributed by atoms with van der Waals surface area (Å²) < 4.78 is 37.5. The zero-order valence-corrected chi connectivity index (χ0v) is 47.2. The maximum atomic E-state index is 13.8. The van der Waals surface area contributed by atoms with E-state index < -0.39 is 68.5 Å². The number of thiophene rings is 1. The number of sulfonamides is 1. The second kappa shape index (κ2) is 20.8. The third-order valence-electron chi connectivity index (χ3n) is 15.4. The molecule has 70 heavy (non-hydrogen) atoms. The van der Waals surface area contributed by atoms with E-state index in [1.807, 2.05) is 69.4 Å². The van der Waals surface area contributed by atoms with Crippen molar-refractivity contribution in [1.82, 2.24) is 40.7 Å². The van der Waals surface area contributed by atoms with Crippen LogP contribution in [0.15, 0.2) is 21.7 Å². The SMILES string of the molecule is CNC[C@@H](NC(=O)N[C@H](C(=O)N1C[C@H]2[C@@H]([C@H]1C(=O)OC)C2(C)C)C(C)(C)C)C(C)(C)C.COC(=O)[C@@H]1[C@@H]2[C@H](CN1C(=O)[C@@H](NC(=O)N[C@H](CN(C)S(=O)(=O)c1cccs1)C(C)(C)C)C(C)(C)C)C2(C)C. The summed E-state index contributed by atoms with van der Waals surface area (Å²) in [6.45, 7) is 33.2. The lowest BCUT2D eigenvalue weighted by Crippen LogP contribution is -2.61. The Hall–Kier alpha value is -4.01. The zero-order valence-electron chi connectivity index (χ0n) is 45.6. The number of likely N-dealkylation sites (N-methyl/N-ethyl adjacent to an activating group) is 2. The maximum absolute atomic E-state index is 13.8. The topological polar surface area (TPSA) is 225 Å². The maximum Gasteiger partial charge on any atom is 0.328 e. The second-order valence-electron chi connectivity index (χ2n) is 25.3. The Bertz CT molecular complexity index is 2190. The largest absolute Gasteiger partial charge is 0.467 e. The van der Waals surface area contributed by atoms with Crippen molar-refractivity contribution in [3.05, 3.63) is 17.5 Å². The molecular formula is C50H86N8O10S2. The lowest BCUT2D eigenvalue weighted by molar-refractivity contribution is -0.154. The first-order valence-corrected chi connectivity index (χ1v) is 26.7. The molecule has 5 N–H and O–H groups in total. The summed E-state index contributed by atoms with van der Waals surface area (Å²) in [5.41, 5.74) is -1.86. The minimum atomic E-state index is -3.71. The summed E-state index contributed by atoms with van der Waals surface area (Å²) in [6.07, 6.45) is 0. The van der Waals surface area contributed by atoms with Crippen molar-refractivity contribution in [1.29, 1.82) is 0 Å². The van der Waals surface area contributed by atoms with Crippen LogP contribution in [0.2, 0.25) is 0 Å². The third kappa shape index (κ3) is 12.6. The van der Waals surface area contributed by atoms with Crippen LogP contribution in [0.3, 0.4) is 0 Å². The predicted molar refractivity (Wildman–Crippen MR) is 271 cm³/mol. The highest BCUT2D eigenvalue weighted by molar-refractivity contribution is 7.91. The van der Waals surface area contributed by atoms with Crippen LogP contribution >= 0.6 is 11.3 Å². The Morgan fingerprint density at radius 3 is 1.39 bits per heavy atom. The Balaban J connectivity index is 0.000000313. The van der Waals surface area contributed by atoms with Gasteiger partial charge in [-0.3, -0.25) is 9.59 Å². The normalized spacial score (nSPS) is 25.2. The fraction of sp³-hybridized carbons (Fsp3) is 0.800. The number of esters is 2. The van der Waals surface area contributed by atoms with Crippen LogP contribution < -0.4 is 26.6 Å². The number of amides is 6. The molecule has 3 heterocycles. The fourth-order valence-electron chi connectivity index (χ4n) is 10.3. The van der Waals surface area contributed by atoms with Gasteiger partial charge in [0.2, 0.25) is 11.8 Å². The third-order valence-corrected chi connectivity index (χ3v) is 18.6. The first-order valence-electron chi connectivity index (χ1n) is 24.4. The first kappa shape index (κ1) is 58.6. The number of urea groups is 2. The molecule has 2 saturated carbocycles. The highest BCUT2D eigenvalue weighted by Gasteiger charge is 2.71. The van der Waals surface area contributed by atoms with E-state index in [1.165, 1.54) is 25.6 Å². The van der Waals surface area contributed by atoms with Crippen molar-refractivity contribution < 1.29 is 46.7 Å². The van der Waals surface area contributed by atoms with E-state index in [2.05, 4.69) is 75.1 Å². The van der Waals surface area contributed by atoms with E-state index in [1.54, 1.807) is 27.3 Å². The number of fused-ring (bicyclic) bond motifs is 2. The summed E-state index contributed by atoms with van der Waals surface area (Å²) in [5, 5.41) is 16.5. The van der Waals surface area contributed by atoms with Crippen LogP contribution in [0.4, 0.5) is 9.59 Å². The van der Waals surface area contributed by atoms with Crippen LogP contribution in [0.5, 0.6) is 0 Å². The number of nitrogens with zero attached hydrogens (tertiary/aromatic N) is 3. The van der Waals surface area contributed by atoms with Crippen molar-refractivity contribution in [2.75, 3.05) is 54.5 Å². The van der Waals surface area contributed by atoms with E-state index in [0.717, 1.165) is 11.3 Å². The smallest absolute Gasteiger partial charge is 0.328 e. The minimum Gasteiger partial charge on any atom is -0.467 e. The van der Waals surface area contributed by atoms with E-state index in [4.69, 9.17) is 9.47 Å². The van der Waals surface area contributed by atoms with Crippen LogP contribution in [0, 0.1) is 56.2 Å². The molecule has 18 nitrogen and oxygen atoms in total. The molecule has 5 rings (SSSR count). The van der Waals surface area contributed by atoms with Gasteiger partial charge < -0.3 is 45.9 Å². The van der Waals surface area contributed by atoms with Gasteiger partial charge in [-0.15, -0.1) is 11.3 Å². The van der Waals surface area contributed by atoms with Gasteiger partial charge in [0.05, 0.1) is 14.2 Å².